The van der Waals surface area contributed by atoms with Gasteiger partial charge in [-0.05, 0) is 37.1 Å². The summed E-state index contributed by atoms with van der Waals surface area (Å²) < 4.78 is 10.4. The zero-order valence-electron chi connectivity index (χ0n) is 11.6. The van der Waals surface area contributed by atoms with Crippen molar-refractivity contribution in [2.45, 2.75) is 19.3 Å². The van der Waals surface area contributed by atoms with Crippen LogP contribution in [0.15, 0.2) is 18.2 Å². The number of rotatable bonds is 8. The van der Waals surface area contributed by atoms with Crippen molar-refractivity contribution >= 4 is 5.91 Å². The van der Waals surface area contributed by atoms with Crippen molar-refractivity contribution in [1.29, 1.82) is 0 Å². The number of benzene rings is 1. The molecule has 0 saturated carbocycles. The molecule has 106 valence electrons. The largest absolute Gasteiger partial charge is 0.497 e. The number of hydrogen-bond donors (Lipinski definition) is 2. The molecule has 0 spiro atoms. The summed E-state index contributed by atoms with van der Waals surface area (Å²) in [6, 6.07) is 5.64. The summed E-state index contributed by atoms with van der Waals surface area (Å²) in [6.45, 7) is 1.23. The van der Waals surface area contributed by atoms with Crippen LogP contribution in [-0.4, -0.2) is 33.2 Å². The highest BCUT2D eigenvalue weighted by molar-refractivity contribution is 5.76. The molecule has 1 rings (SSSR count). The van der Waals surface area contributed by atoms with Crippen LogP contribution in [0.2, 0.25) is 0 Å². The van der Waals surface area contributed by atoms with Gasteiger partial charge in [0.05, 0.1) is 14.2 Å². The summed E-state index contributed by atoms with van der Waals surface area (Å²) in [5.41, 5.74) is 6.38. The molecule has 5 nitrogen and oxygen atoms in total. The molecule has 0 aliphatic carbocycles. The molecule has 0 fully saturated rings. The Balaban J connectivity index is 2.50. The molecule has 0 heterocycles. The minimum absolute atomic E-state index is 0.0373. The zero-order valence-corrected chi connectivity index (χ0v) is 11.6. The van der Waals surface area contributed by atoms with Crippen LogP contribution in [0.1, 0.15) is 18.4 Å². The second kappa shape index (κ2) is 8.37. The Kier molecular flexibility index (Phi) is 6.74. The van der Waals surface area contributed by atoms with Crippen molar-refractivity contribution < 1.29 is 14.3 Å². The molecular weight excluding hydrogens is 244 g/mol. The lowest BCUT2D eigenvalue weighted by Crippen LogP contribution is -2.26. The van der Waals surface area contributed by atoms with Crippen molar-refractivity contribution in [3.05, 3.63) is 23.8 Å². The van der Waals surface area contributed by atoms with E-state index in [-0.39, 0.29) is 5.91 Å². The van der Waals surface area contributed by atoms with Crippen LogP contribution in [0.25, 0.3) is 0 Å². The van der Waals surface area contributed by atoms with E-state index < -0.39 is 0 Å². The fraction of sp³-hybridized carbons (Fsp3) is 0.500. The Morgan fingerprint density at radius 1 is 1.21 bits per heavy atom. The fourth-order valence-corrected chi connectivity index (χ4v) is 1.69. The number of carbonyl (C=O) groups is 1. The molecule has 1 aromatic rings. The number of methoxy groups -OCH3 is 2. The molecule has 0 bridgehead atoms. The van der Waals surface area contributed by atoms with Gasteiger partial charge in [-0.3, -0.25) is 4.79 Å². The standard InChI is InChI=1S/C14H22N2O3/c1-18-12-8-11(9-13(10-12)19-2)4-5-14(17)16-7-3-6-15/h8-10H,3-7,15H2,1-2H3,(H,16,17). The Morgan fingerprint density at radius 3 is 2.37 bits per heavy atom. The van der Waals surface area contributed by atoms with Crippen LogP contribution in [-0.2, 0) is 11.2 Å². The summed E-state index contributed by atoms with van der Waals surface area (Å²) in [4.78, 5) is 11.6. The average molecular weight is 266 g/mol. The van der Waals surface area contributed by atoms with Crippen LogP contribution in [0.4, 0.5) is 0 Å². The number of nitrogens with two attached hydrogens (primary N) is 1. The number of amides is 1. The van der Waals surface area contributed by atoms with E-state index in [0.29, 0.717) is 25.9 Å². The highest BCUT2D eigenvalue weighted by Gasteiger charge is 2.05. The second-order valence-corrected chi connectivity index (χ2v) is 4.21. The predicted molar refractivity (Wildman–Crippen MR) is 74.5 cm³/mol. The van der Waals surface area contributed by atoms with Gasteiger partial charge in [-0.15, -0.1) is 0 Å². The van der Waals surface area contributed by atoms with Crippen molar-refractivity contribution in [3.8, 4) is 11.5 Å². The summed E-state index contributed by atoms with van der Waals surface area (Å²) in [5, 5.41) is 2.83. The van der Waals surface area contributed by atoms with Gasteiger partial charge in [0.1, 0.15) is 11.5 Å². The minimum Gasteiger partial charge on any atom is -0.497 e. The highest BCUT2D eigenvalue weighted by Crippen LogP contribution is 2.23. The molecule has 0 aliphatic rings. The molecule has 0 unspecified atom stereocenters. The third-order valence-corrected chi connectivity index (χ3v) is 2.76. The number of carbonyl (C=O) groups excluding carboxylic acids is 1. The lowest BCUT2D eigenvalue weighted by Gasteiger charge is -2.08. The van der Waals surface area contributed by atoms with Crippen molar-refractivity contribution in [2.24, 2.45) is 5.73 Å². The first-order chi connectivity index (χ1) is 9.19. The van der Waals surface area contributed by atoms with E-state index >= 15 is 0 Å². The van der Waals surface area contributed by atoms with Crippen LogP contribution < -0.4 is 20.5 Å². The minimum atomic E-state index is 0.0373. The zero-order chi connectivity index (χ0) is 14.1. The summed E-state index contributed by atoms with van der Waals surface area (Å²) in [7, 11) is 3.22. The molecule has 0 saturated heterocycles. The molecule has 0 atom stereocenters. The fourth-order valence-electron chi connectivity index (χ4n) is 1.69. The SMILES string of the molecule is COc1cc(CCC(=O)NCCCN)cc(OC)c1. The molecule has 0 aliphatic heterocycles. The highest BCUT2D eigenvalue weighted by atomic mass is 16.5. The van der Waals surface area contributed by atoms with Gasteiger partial charge >= 0.3 is 0 Å². The topological polar surface area (TPSA) is 73.6 Å². The van der Waals surface area contributed by atoms with Gasteiger partial charge < -0.3 is 20.5 Å². The third kappa shape index (κ3) is 5.61. The lowest BCUT2D eigenvalue weighted by molar-refractivity contribution is -0.121. The van der Waals surface area contributed by atoms with Crippen LogP contribution in [0.3, 0.4) is 0 Å². The maximum atomic E-state index is 11.6. The monoisotopic (exact) mass is 266 g/mol. The van der Waals surface area contributed by atoms with E-state index in [2.05, 4.69) is 5.32 Å². The first-order valence-electron chi connectivity index (χ1n) is 6.38. The Morgan fingerprint density at radius 2 is 1.84 bits per heavy atom. The third-order valence-electron chi connectivity index (χ3n) is 2.76. The Hall–Kier alpha value is -1.75. The molecule has 1 aromatic carbocycles. The normalized spacial score (nSPS) is 10.1. The van der Waals surface area contributed by atoms with Crippen molar-refractivity contribution in [3.63, 3.8) is 0 Å². The van der Waals surface area contributed by atoms with E-state index in [4.69, 9.17) is 15.2 Å². The lowest BCUT2D eigenvalue weighted by atomic mass is 10.1. The maximum Gasteiger partial charge on any atom is 0.220 e. The van der Waals surface area contributed by atoms with Crippen molar-refractivity contribution in [2.75, 3.05) is 27.3 Å². The second-order valence-electron chi connectivity index (χ2n) is 4.21. The van der Waals surface area contributed by atoms with Gasteiger partial charge in [0.2, 0.25) is 5.91 Å². The predicted octanol–water partition coefficient (Wildman–Crippen LogP) is 1.10. The average Bonchev–Trinajstić information content (AvgIpc) is 2.45. The summed E-state index contributed by atoms with van der Waals surface area (Å²) >= 11 is 0. The van der Waals surface area contributed by atoms with E-state index in [0.717, 1.165) is 23.5 Å². The smallest absolute Gasteiger partial charge is 0.220 e. The molecule has 0 aromatic heterocycles. The van der Waals surface area contributed by atoms with Gasteiger partial charge in [-0.2, -0.15) is 0 Å². The van der Waals surface area contributed by atoms with Gasteiger partial charge in [0, 0.05) is 19.0 Å². The number of ether oxygens (including phenoxy) is 2. The number of hydrogen-bond acceptors (Lipinski definition) is 4. The molecule has 5 heteroatoms. The van der Waals surface area contributed by atoms with Gasteiger partial charge in [-0.25, -0.2) is 0 Å². The maximum absolute atomic E-state index is 11.6. The Bertz CT molecular complexity index is 385. The van der Waals surface area contributed by atoms with Crippen LogP contribution in [0.5, 0.6) is 11.5 Å². The molecular formula is C14H22N2O3. The summed E-state index contributed by atoms with van der Waals surface area (Å²) in [6.07, 6.45) is 1.90. The first-order valence-corrected chi connectivity index (χ1v) is 6.38. The van der Waals surface area contributed by atoms with E-state index in [1.165, 1.54) is 0 Å². The number of aryl methyl sites for hydroxylation is 1. The van der Waals surface area contributed by atoms with E-state index in [1.807, 2.05) is 18.2 Å². The first kappa shape index (κ1) is 15.3. The molecule has 19 heavy (non-hydrogen) atoms. The van der Waals surface area contributed by atoms with Gasteiger partial charge in [0.15, 0.2) is 0 Å². The van der Waals surface area contributed by atoms with E-state index in [1.54, 1.807) is 14.2 Å². The quantitative estimate of drug-likeness (QED) is 0.691. The molecule has 0 radical (unpaired) electrons. The van der Waals surface area contributed by atoms with Crippen LogP contribution >= 0.6 is 0 Å². The van der Waals surface area contributed by atoms with Gasteiger partial charge in [0.25, 0.3) is 0 Å². The molecule has 1 amide bonds. The summed E-state index contributed by atoms with van der Waals surface area (Å²) in [5.74, 6) is 1.51. The van der Waals surface area contributed by atoms with E-state index in [9.17, 15) is 4.79 Å². The van der Waals surface area contributed by atoms with Crippen molar-refractivity contribution in [1.82, 2.24) is 5.32 Å². The number of nitrogens with one attached hydrogen (secondary N) is 1. The molecule has 3 N–H and O–H groups in total. The van der Waals surface area contributed by atoms with Gasteiger partial charge in [-0.1, -0.05) is 0 Å². The Labute approximate surface area is 114 Å². The van der Waals surface area contributed by atoms with Crippen LogP contribution in [0, 0.1) is 0 Å².